The summed E-state index contributed by atoms with van der Waals surface area (Å²) in [5, 5.41) is 4.29. The highest BCUT2D eigenvalue weighted by atomic mass is 16.1. The number of benzene rings is 1. The molecule has 0 aliphatic carbocycles. The first-order valence-corrected chi connectivity index (χ1v) is 5.99. The third kappa shape index (κ3) is 1.32. The van der Waals surface area contributed by atoms with Crippen molar-refractivity contribution >= 4 is 27.5 Å². The van der Waals surface area contributed by atoms with E-state index in [4.69, 9.17) is 0 Å². The minimum absolute atomic E-state index is 0.124. The molecule has 0 saturated heterocycles. The lowest BCUT2D eigenvalue weighted by atomic mass is 10.1. The molecule has 0 unspecified atom stereocenters. The summed E-state index contributed by atoms with van der Waals surface area (Å²) in [5.41, 5.74) is 3.17. The second kappa shape index (κ2) is 3.41. The van der Waals surface area contributed by atoms with Gasteiger partial charge >= 0.3 is 0 Å². The molecule has 5 nitrogen and oxygen atoms in total. The standard InChI is InChI=1S/C14H10N4O/c1-8-2-3-11-9(6-8)13-10(7-15-11)14(19)18-12(17-13)4-5-16-18/h2-7,16H,1H3. The molecule has 4 aromatic rings. The van der Waals surface area contributed by atoms with Crippen LogP contribution in [0.15, 0.2) is 41.5 Å². The molecule has 0 radical (unpaired) electrons. The van der Waals surface area contributed by atoms with Gasteiger partial charge in [-0.05, 0) is 19.1 Å². The lowest BCUT2D eigenvalue weighted by Gasteiger charge is -2.03. The lowest BCUT2D eigenvalue weighted by Crippen LogP contribution is -2.15. The third-order valence-electron chi connectivity index (χ3n) is 3.32. The number of aromatic nitrogens is 4. The van der Waals surface area contributed by atoms with Crippen LogP contribution in [-0.2, 0) is 0 Å². The number of nitrogens with one attached hydrogen (secondary N) is 1. The van der Waals surface area contributed by atoms with E-state index in [2.05, 4.69) is 15.1 Å². The van der Waals surface area contributed by atoms with E-state index in [1.165, 1.54) is 4.52 Å². The van der Waals surface area contributed by atoms with E-state index in [-0.39, 0.29) is 5.56 Å². The van der Waals surface area contributed by atoms with Crippen LogP contribution in [0.2, 0.25) is 0 Å². The zero-order chi connectivity index (χ0) is 13.0. The molecular formula is C14H10N4O. The van der Waals surface area contributed by atoms with Crippen molar-refractivity contribution < 1.29 is 0 Å². The summed E-state index contributed by atoms with van der Waals surface area (Å²) in [4.78, 5) is 21.2. The van der Waals surface area contributed by atoms with Crippen molar-refractivity contribution in [1.29, 1.82) is 0 Å². The number of rotatable bonds is 0. The molecule has 0 fully saturated rings. The van der Waals surface area contributed by atoms with Gasteiger partial charge in [0.2, 0.25) is 0 Å². The zero-order valence-electron chi connectivity index (χ0n) is 10.2. The van der Waals surface area contributed by atoms with Gasteiger partial charge in [0.1, 0.15) is 0 Å². The molecule has 3 aromatic heterocycles. The first-order chi connectivity index (χ1) is 9.24. The van der Waals surface area contributed by atoms with Crippen molar-refractivity contribution in [1.82, 2.24) is 19.6 Å². The highest BCUT2D eigenvalue weighted by molar-refractivity contribution is 6.03. The number of aryl methyl sites for hydroxylation is 1. The molecule has 4 rings (SSSR count). The predicted octanol–water partition coefficient (Wildman–Crippen LogP) is 2.03. The summed E-state index contributed by atoms with van der Waals surface area (Å²) in [5.74, 6) is 0. The van der Waals surface area contributed by atoms with Gasteiger partial charge in [0.15, 0.2) is 5.65 Å². The molecule has 0 saturated carbocycles. The molecule has 0 aliphatic heterocycles. The van der Waals surface area contributed by atoms with Crippen LogP contribution >= 0.6 is 0 Å². The maximum atomic E-state index is 12.3. The molecular weight excluding hydrogens is 240 g/mol. The van der Waals surface area contributed by atoms with Gasteiger partial charge in [-0.25, -0.2) is 9.50 Å². The Hall–Kier alpha value is -2.69. The normalized spacial score (nSPS) is 11.6. The minimum Gasteiger partial charge on any atom is -0.297 e. The second-order valence-electron chi connectivity index (χ2n) is 4.61. The van der Waals surface area contributed by atoms with Gasteiger partial charge in [0.25, 0.3) is 5.56 Å². The van der Waals surface area contributed by atoms with Crippen LogP contribution in [0.5, 0.6) is 0 Å². The van der Waals surface area contributed by atoms with E-state index in [0.29, 0.717) is 16.6 Å². The number of H-pyrrole nitrogens is 1. The highest BCUT2D eigenvalue weighted by Crippen LogP contribution is 2.21. The number of hydrogen-bond acceptors (Lipinski definition) is 3. The van der Waals surface area contributed by atoms with Crippen LogP contribution < -0.4 is 5.56 Å². The quantitative estimate of drug-likeness (QED) is 0.486. The minimum atomic E-state index is -0.124. The number of fused-ring (bicyclic) bond motifs is 4. The van der Waals surface area contributed by atoms with Crippen molar-refractivity contribution in [3.8, 4) is 0 Å². The molecule has 92 valence electrons. The Morgan fingerprint density at radius 1 is 1.21 bits per heavy atom. The Morgan fingerprint density at radius 3 is 3.00 bits per heavy atom. The summed E-state index contributed by atoms with van der Waals surface area (Å²) in [6, 6.07) is 7.75. The van der Waals surface area contributed by atoms with Gasteiger partial charge in [-0.15, -0.1) is 0 Å². The maximum Gasteiger partial charge on any atom is 0.282 e. The van der Waals surface area contributed by atoms with Gasteiger partial charge in [-0.3, -0.25) is 14.9 Å². The Labute approximate surface area is 107 Å². The fraction of sp³-hybridized carbons (Fsp3) is 0.0714. The van der Waals surface area contributed by atoms with Crippen LogP contribution in [0.1, 0.15) is 5.56 Å². The topological polar surface area (TPSA) is 63.1 Å². The summed E-state index contributed by atoms with van der Waals surface area (Å²) in [6.45, 7) is 2.01. The molecule has 1 N–H and O–H groups in total. The van der Waals surface area contributed by atoms with Crippen LogP contribution in [0.25, 0.3) is 27.5 Å². The van der Waals surface area contributed by atoms with Crippen LogP contribution in [0.3, 0.4) is 0 Å². The highest BCUT2D eigenvalue weighted by Gasteiger charge is 2.10. The second-order valence-corrected chi connectivity index (χ2v) is 4.61. The van der Waals surface area contributed by atoms with Crippen molar-refractivity contribution in [3.63, 3.8) is 0 Å². The van der Waals surface area contributed by atoms with Gasteiger partial charge in [-0.1, -0.05) is 11.6 Å². The average Bonchev–Trinajstić information content (AvgIpc) is 2.87. The van der Waals surface area contributed by atoms with Gasteiger partial charge < -0.3 is 0 Å². The molecule has 5 heteroatoms. The molecule has 0 aliphatic rings. The van der Waals surface area contributed by atoms with Crippen LogP contribution in [0, 0.1) is 6.92 Å². The molecule has 0 atom stereocenters. The van der Waals surface area contributed by atoms with Gasteiger partial charge in [0.05, 0.1) is 16.4 Å². The van der Waals surface area contributed by atoms with Gasteiger partial charge in [-0.2, -0.15) is 0 Å². The SMILES string of the molecule is Cc1ccc2ncc3c(=O)n4[nH]ccc4nc3c2c1. The summed E-state index contributed by atoms with van der Waals surface area (Å²) in [6.07, 6.45) is 3.29. The Balaban J connectivity index is 2.35. The number of aromatic amines is 1. The zero-order valence-corrected chi connectivity index (χ0v) is 10.2. The van der Waals surface area contributed by atoms with E-state index in [9.17, 15) is 4.79 Å². The molecule has 1 aromatic carbocycles. The van der Waals surface area contributed by atoms with E-state index in [0.717, 1.165) is 16.5 Å². The van der Waals surface area contributed by atoms with E-state index < -0.39 is 0 Å². The smallest absolute Gasteiger partial charge is 0.282 e. The summed E-state index contributed by atoms with van der Waals surface area (Å²) < 4.78 is 1.42. The Morgan fingerprint density at radius 2 is 2.11 bits per heavy atom. The Kier molecular flexibility index (Phi) is 1.84. The summed E-state index contributed by atoms with van der Waals surface area (Å²) in [7, 11) is 0. The summed E-state index contributed by atoms with van der Waals surface area (Å²) >= 11 is 0. The molecule has 3 heterocycles. The molecule has 0 spiro atoms. The Bertz CT molecular complexity index is 997. The lowest BCUT2D eigenvalue weighted by molar-refractivity contribution is 0.915. The van der Waals surface area contributed by atoms with Crippen LogP contribution in [0.4, 0.5) is 0 Å². The number of nitrogens with zero attached hydrogens (tertiary/aromatic N) is 3. The first kappa shape index (κ1) is 10.3. The number of hydrogen-bond donors (Lipinski definition) is 1. The monoisotopic (exact) mass is 250 g/mol. The fourth-order valence-electron chi connectivity index (χ4n) is 2.38. The van der Waals surface area contributed by atoms with Crippen molar-refractivity contribution in [2.24, 2.45) is 0 Å². The van der Waals surface area contributed by atoms with Gasteiger partial charge in [0, 0.05) is 23.8 Å². The first-order valence-electron chi connectivity index (χ1n) is 5.99. The van der Waals surface area contributed by atoms with Crippen molar-refractivity contribution in [3.05, 3.63) is 52.6 Å². The van der Waals surface area contributed by atoms with Crippen molar-refractivity contribution in [2.75, 3.05) is 0 Å². The largest absolute Gasteiger partial charge is 0.297 e. The van der Waals surface area contributed by atoms with E-state index >= 15 is 0 Å². The van der Waals surface area contributed by atoms with Crippen LogP contribution in [-0.4, -0.2) is 19.6 Å². The van der Waals surface area contributed by atoms with Crippen molar-refractivity contribution in [2.45, 2.75) is 6.92 Å². The maximum absolute atomic E-state index is 12.3. The average molecular weight is 250 g/mol. The molecule has 0 amide bonds. The number of pyridine rings is 1. The van der Waals surface area contributed by atoms with E-state index in [1.54, 1.807) is 18.5 Å². The molecule has 0 bridgehead atoms. The molecule has 19 heavy (non-hydrogen) atoms. The third-order valence-corrected chi connectivity index (χ3v) is 3.32. The predicted molar refractivity (Wildman–Crippen MR) is 73.4 cm³/mol. The fourth-order valence-corrected chi connectivity index (χ4v) is 2.38. The van der Waals surface area contributed by atoms with E-state index in [1.807, 2.05) is 25.1 Å².